The topological polar surface area (TPSA) is 102 Å². The number of nitro groups is 1. The van der Waals surface area contributed by atoms with E-state index in [0.717, 1.165) is 22.3 Å². The molecule has 178 valence electrons. The third-order valence-corrected chi connectivity index (χ3v) is 6.95. The Morgan fingerprint density at radius 3 is 2.23 bits per heavy atom. The average Bonchev–Trinajstić information content (AvgIpc) is 3.46. The van der Waals surface area contributed by atoms with E-state index in [1.807, 2.05) is 24.3 Å². The molecule has 1 atom stereocenters. The predicted molar refractivity (Wildman–Crippen MR) is 131 cm³/mol. The van der Waals surface area contributed by atoms with Gasteiger partial charge in [0.1, 0.15) is 12.6 Å². The number of nitrogens with one attached hydrogen (secondary N) is 1. The Bertz CT molecular complexity index is 1260. The Morgan fingerprint density at radius 1 is 1.03 bits per heavy atom. The van der Waals surface area contributed by atoms with Gasteiger partial charge in [-0.05, 0) is 54.2 Å². The smallest absolute Gasteiger partial charge is 0.410 e. The maximum Gasteiger partial charge on any atom is 0.410 e. The largest absolute Gasteiger partial charge is 0.448 e. The Morgan fingerprint density at radius 2 is 1.63 bits per heavy atom. The minimum atomic E-state index is -0.659. The van der Waals surface area contributed by atoms with E-state index in [9.17, 15) is 19.7 Å². The average molecular weight is 472 g/mol. The molecule has 1 saturated heterocycles. The van der Waals surface area contributed by atoms with E-state index in [1.54, 1.807) is 0 Å². The zero-order chi connectivity index (χ0) is 24.6. The van der Waals surface area contributed by atoms with Crippen molar-refractivity contribution in [3.05, 3.63) is 94.0 Å². The molecule has 35 heavy (non-hydrogen) atoms. The van der Waals surface area contributed by atoms with Gasteiger partial charge < -0.3 is 10.1 Å². The number of non-ortho nitro benzene ring substituents is 1. The number of carbonyl (C=O) groups excluding carboxylic acids is 2. The second kappa shape index (κ2) is 8.87. The summed E-state index contributed by atoms with van der Waals surface area (Å²) >= 11 is 0. The van der Waals surface area contributed by atoms with E-state index >= 15 is 0 Å². The quantitative estimate of drug-likeness (QED) is 0.411. The first-order valence-electron chi connectivity index (χ1n) is 11.6. The van der Waals surface area contributed by atoms with Crippen molar-refractivity contribution in [3.8, 4) is 11.1 Å². The van der Waals surface area contributed by atoms with Crippen LogP contribution < -0.4 is 5.32 Å². The molecule has 1 aliphatic carbocycles. The van der Waals surface area contributed by atoms with Crippen LogP contribution in [0, 0.1) is 10.1 Å². The van der Waals surface area contributed by atoms with E-state index in [1.165, 1.54) is 29.2 Å². The van der Waals surface area contributed by atoms with Gasteiger partial charge in [0, 0.05) is 24.4 Å². The molecular weight excluding hydrogens is 446 g/mol. The Balaban J connectivity index is 1.28. The highest BCUT2D eigenvalue weighted by atomic mass is 16.6. The molecule has 3 aromatic carbocycles. The number of likely N-dealkylation sites (tertiary alicyclic amines) is 1. The number of anilines is 1. The number of nitrogens with zero attached hydrogens (tertiary/aromatic N) is 2. The van der Waals surface area contributed by atoms with Crippen molar-refractivity contribution >= 4 is 23.4 Å². The van der Waals surface area contributed by atoms with Crippen LogP contribution in [0.5, 0.6) is 0 Å². The molecule has 1 N–H and O–H groups in total. The van der Waals surface area contributed by atoms with Gasteiger partial charge in [-0.2, -0.15) is 0 Å². The molecule has 3 aromatic rings. The van der Waals surface area contributed by atoms with Gasteiger partial charge in [0.2, 0.25) is 5.91 Å². The summed E-state index contributed by atoms with van der Waals surface area (Å²) in [6.45, 7) is 2.67. The zero-order valence-corrected chi connectivity index (χ0v) is 19.3. The van der Waals surface area contributed by atoms with Crippen molar-refractivity contribution in [2.75, 3.05) is 18.5 Å². The number of hydrogen-bond acceptors (Lipinski definition) is 5. The molecular formula is C27H25N3O5. The summed E-state index contributed by atoms with van der Waals surface area (Å²) in [6, 6.07) is 21.2. The molecule has 0 bridgehead atoms. The summed E-state index contributed by atoms with van der Waals surface area (Å²) in [6.07, 6.45) is 0.696. The lowest BCUT2D eigenvalue weighted by molar-refractivity contribution is -0.384. The lowest BCUT2D eigenvalue weighted by atomic mass is 9.81. The van der Waals surface area contributed by atoms with Crippen LogP contribution in [-0.2, 0) is 14.9 Å². The maximum atomic E-state index is 13.1. The van der Waals surface area contributed by atoms with Gasteiger partial charge in [0.05, 0.1) is 10.3 Å². The fraction of sp³-hybridized carbons (Fsp3) is 0.259. The lowest BCUT2D eigenvalue weighted by Crippen LogP contribution is -2.44. The molecule has 1 heterocycles. The normalized spacial score (nSPS) is 17.4. The SMILES string of the molecule is CC1(COC(=O)N2CCCC2C(=O)Nc2ccc([N+](=O)[O-])cc2)c2ccccc2-c2ccccc21. The molecule has 5 rings (SSSR count). The van der Waals surface area contributed by atoms with Crippen LogP contribution >= 0.6 is 0 Å². The minimum absolute atomic E-state index is 0.0578. The van der Waals surface area contributed by atoms with Gasteiger partial charge in [0.25, 0.3) is 5.69 Å². The van der Waals surface area contributed by atoms with E-state index in [2.05, 4.69) is 36.5 Å². The Labute approximate surface area is 202 Å². The zero-order valence-electron chi connectivity index (χ0n) is 19.3. The summed E-state index contributed by atoms with van der Waals surface area (Å²) in [5, 5.41) is 13.6. The minimum Gasteiger partial charge on any atom is -0.448 e. The van der Waals surface area contributed by atoms with Crippen LogP contribution in [0.25, 0.3) is 11.1 Å². The van der Waals surface area contributed by atoms with E-state index < -0.39 is 22.5 Å². The molecule has 0 saturated carbocycles. The summed E-state index contributed by atoms with van der Waals surface area (Å²) < 4.78 is 5.83. The summed E-state index contributed by atoms with van der Waals surface area (Å²) in [7, 11) is 0. The van der Waals surface area contributed by atoms with Gasteiger partial charge in [-0.1, -0.05) is 48.5 Å². The number of amides is 2. The molecule has 2 aliphatic rings. The molecule has 1 aliphatic heterocycles. The molecule has 1 unspecified atom stereocenters. The predicted octanol–water partition coefficient (Wildman–Crippen LogP) is 5.12. The van der Waals surface area contributed by atoms with Crippen LogP contribution in [0.2, 0.25) is 0 Å². The van der Waals surface area contributed by atoms with Crippen LogP contribution in [0.1, 0.15) is 30.9 Å². The summed E-state index contributed by atoms with van der Waals surface area (Å²) in [4.78, 5) is 37.8. The van der Waals surface area contributed by atoms with Crippen molar-refractivity contribution in [2.45, 2.75) is 31.2 Å². The molecule has 8 nitrogen and oxygen atoms in total. The molecule has 1 fully saturated rings. The van der Waals surface area contributed by atoms with Gasteiger partial charge in [-0.25, -0.2) is 4.79 Å². The highest BCUT2D eigenvalue weighted by Crippen LogP contribution is 2.48. The number of hydrogen-bond donors (Lipinski definition) is 1. The highest BCUT2D eigenvalue weighted by molar-refractivity contribution is 5.97. The number of ether oxygens (including phenoxy) is 1. The van der Waals surface area contributed by atoms with Gasteiger partial charge in [0.15, 0.2) is 0 Å². The molecule has 8 heteroatoms. The van der Waals surface area contributed by atoms with Crippen molar-refractivity contribution in [1.82, 2.24) is 4.90 Å². The van der Waals surface area contributed by atoms with Gasteiger partial charge in [-0.3, -0.25) is 19.8 Å². The third-order valence-electron chi connectivity index (χ3n) is 6.95. The fourth-order valence-electron chi connectivity index (χ4n) is 5.14. The lowest BCUT2D eigenvalue weighted by Gasteiger charge is -2.29. The Hall–Kier alpha value is -4.20. The van der Waals surface area contributed by atoms with Crippen LogP contribution in [0.3, 0.4) is 0 Å². The van der Waals surface area contributed by atoms with Crippen molar-refractivity contribution in [1.29, 1.82) is 0 Å². The maximum absolute atomic E-state index is 13.1. The summed E-state index contributed by atoms with van der Waals surface area (Å²) in [5.74, 6) is -0.337. The number of rotatable bonds is 5. The molecule has 0 spiro atoms. The first-order chi connectivity index (χ1) is 16.9. The van der Waals surface area contributed by atoms with Crippen molar-refractivity contribution in [3.63, 3.8) is 0 Å². The highest BCUT2D eigenvalue weighted by Gasteiger charge is 2.42. The number of carbonyl (C=O) groups is 2. The van der Waals surface area contributed by atoms with Crippen molar-refractivity contribution < 1.29 is 19.2 Å². The third kappa shape index (κ3) is 4.01. The molecule has 0 radical (unpaired) electrons. The molecule has 2 amide bonds. The van der Waals surface area contributed by atoms with E-state index in [0.29, 0.717) is 25.1 Å². The van der Waals surface area contributed by atoms with Gasteiger partial charge in [-0.15, -0.1) is 0 Å². The second-order valence-electron chi connectivity index (χ2n) is 9.12. The van der Waals surface area contributed by atoms with Crippen LogP contribution in [0.15, 0.2) is 72.8 Å². The summed E-state index contributed by atoms with van der Waals surface area (Å²) in [5.41, 5.74) is 4.40. The standard InChI is InChI=1S/C27H25N3O5/c1-27(22-9-4-2-7-20(22)21-8-3-5-10-23(21)27)17-35-26(32)29-16-6-11-24(29)25(31)28-18-12-14-19(15-13-18)30(33)34/h2-5,7-10,12-15,24H,6,11,16-17H2,1H3,(H,28,31). The number of benzene rings is 3. The Kier molecular flexibility index (Phi) is 5.72. The van der Waals surface area contributed by atoms with Crippen LogP contribution in [-0.4, -0.2) is 41.0 Å². The van der Waals surface area contributed by atoms with Gasteiger partial charge >= 0.3 is 6.09 Å². The first kappa shape index (κ1) is 22.6. The number of fused-ring (bicyclic) bond motifs is 3. The second-order valence-corrected chi connectivity index (χ2v) is 9.12. The first-order valence-corrected chi connectivity index (χ1v) is 11.6. The van der Waals surface area contributed by atoms with Crippen LogP contribution in [0.4, 0.5) is 16.2 Å². The fourth-order valence-corrected chi connectivity index (χ4v) is 5.14. The van der Waals surface area contributed by atoms with E-state index in [-0.39, 0.29) is 18.2 Å². The number of nitro benzene ring substituents is 1. The van der Waals surface area contributed by atoms with E-state index in [4.69, 9.17) is 4.74 Å². The van der Waals surface area contributed by atoms with Crippen molar-refractivity contribution in [2.24, 2.45) is 0 Å². The molecule has 0 aromatic heterocycles. The monoisotopic (exact) mass is 471 g/mol.